The fraction of sp³-hybridized carbons (Fsp3) is 0.0909. The molecule has 0 aliphatic heterocycles. The third-order valence-electron chi connectivity index (χ3n) is 4.46. The van der Waals surface area contributed by atoms with E-state index in [2.05, 4.69) is 10.6 Å². The van der Waals surface area contributed by atoms with Crippen LogP contribution in [0.5, 0.6) is 0 Å². The van der Waals surface area contributed by atoms with E-state index in [1.807, 2.05) is 16.8 Å². The number of fused-ring (bicyclic) bond motifs is 1. The van der Waals surface area contributed by atoms with E-state index in [0.29, 0.717) is 11.0 Å². The van der Waals surface area contributed by atoms with Crippen LogP contribution in [-0.2, 0) is 17.4 Å². The molecule has 0 fully saturated rings. The maximum Gasteiger partial charge on any atom is 0.416 e. The van der Waals surface area contributed by atoms with Gasteiger partial charge in [0.2, 0.25) is 11.7 Å². The number of benzene rings is 2. The summed E-state index contributed by atoms with van der Waals surface area (Å²) in [6.07, 6.45) is -4.43. The van der Waals surface area contributed by atoms with Crippen LogP contribution in [0.3, 0.4) is 0 Å². The third kappa shape index (κ3) is 4.61. The fourth-order valence-corrected chi connectivity index (χ4v) is 3.72. The lowest BCUT2D eigenvalue weighted by molar-refractivity contribution is -0.137. The van der Waals surface area contributed by atoms with Crippen molar-refractivity contribution in [3.8, 4) is 0 Å². The Balaban J connectivity index is 1.63. The van der Waals surface area contributed by atoms with E-state index in [4.69, 9.17) is 4.42 Å². The van der Waals surface area contributed by atoms with Gasteiger partial charge >= 0.3 is 6.18 Å². The predicted molar refractivity (Wildman–Crippen MR) is 112 cm³/mol. The van der Waals surface area contributed by atoms with Gasteiger partial charge in [0.1, 0.15) is 11.3 Å². The van der Waals surface area contributed by atoms with E-state index in [-0.39, 0.29) is 29.5 Å². The average molecular weight is 444 g/mol. The van der Waals surface area contributed by atoms with Crippen LogP contribution in [0.15, 0.2) is 69.8 Å². The zero-order chi connectivity index (χ0) is 22.0. The van der Waals surface area contributed by atoms with Crippen LogP contribution in [0.1, 0.15) is 21.7 Å². The number of alkyl halides is 3. The van der Waals surface area contributed by atoms with Gasteiger partial charge in [0.15, 0.2) is 0 Å². The molecule has 158 valence electrons. The molecule has 0 saturated heterocycles. The number of rotatable bonds is 5. The van der Waals surface area contributed by atoms with Crippen LogP contribution < -0.4 is 10.6 Å². The lowest BCUT2D eigenvalue weighted by Crippen LogP contribution is -2.18. The summed E-state index contributed by atoms with van der Waals surface area (Å²) in [7, 11) is 0. The van der Waals surface area contributed by atoms with Crippen molar-refractivity contribution in [3.05, 3.63) is 82.2 Å². The molecule has 0 aliphatic carbocycles. The monoisotopic (exact) mass is 444 g/mol. The van der Waals surface area contributed by atoms with E-state index in [1.165, 1.54) is 23.5 Å². The van der Waals surface area contributed by atoms with Gasteiger partial charge in [-0.15, -0.1) is 0 Å². The first kappa shape index (κ1) is 20.7. The number of nitrogens with one attached hydrogen (secondary N) is 2. The van der Waals surface area contributed by atoms with E-state index in [9.17, 15) is 22.8 Å². The molecule has 5 nitrogen and oxygen atoms in total. The third-order valence-corrected chi connectivity index (χ3v) is 5.19. The topological polar surface area (TPSA) is 71.3 Å². The number of halogens is 3. The van der Waals surface area contributed by atoms with Crippen molar-refractivity contribution < 1.29 is 27.2 Å². The predicted octanol–water partition coefficient (Wildman–Crippen LogP) is 5.95. The van der Waals surface area contributed by atoms with Gasteiger partial charge in [-0.1, -0.05) is 18.2 Å². The van der Waals surface area contributed by atoms with Crippen molar-refractivity contribution in [1.82, 2.24) is 0 Å². The van der Waals surface area contributed by atoms with Gasteiger partial charge in [-0.3, -0.25) is 9.59 Å². The quantitative estimate of drug-likeness (QED) is 0.400. The molecule has 2 aromatic heterocycles. The first-order valence-electron chi connectivity index (χ1n) is 9.12. The number of amides is 2. The van der Waals surface area contributed by atoms with Crippen molar-refractivity contribution in [2.24, 2.45) is 0 Å². The van der Waals surface area contributed by atoms with Gasteiger partial charge in [-0.25, -0.2) is 0 Å². The van der Waals surface area contributed by atoms with E-state index < -0.39 is 17.6 Å². The minimum absolute atomic E-state index is 0.0455. The molecule has 9 heteroatoms. The number of furan rings is 1. The Morgan fingerprint density at radius 1 is 1.00 bits per heavy atom. The molecule has 0 radical (unpaired) electrons. The highest BCUT2D eigenvalue weighted by Gasteiger charge is 2.31. The summed E-state index contributed by atoms with van der Waals surface area (Å²) >= 11 is 1.46. The van der Waals surface area contributed by atoms with Crippen LogP contribution in [0, 0.1) is 0 Å². The summed E-state index contributed by atoms with van der Waals surface area (Å²) in [5, 5.41) is 9.32. The highest BCUT2D eigenvalue weighted by Crippen LogP contribution is 2.33. The number of hydrogen-bond acceptors (Lipinski definition) is 4. The maximum absolute atomic E-state index is 13.0. The van der Waals surface area contributed by atoms with Crippen LogP contribution in [0.4, 0.5) is 24.5 Å². The van der Waals surface area contributed by atoms with Crippen molar-refractivity contribution in [2.75, 3.05) is 10.6 Å². The van der Waals surface area contributed by atoms with E-state index >= 15 is 0 Å². The normalized spacial score (nSPS) is 11.5. The van der Waals surface area contributed by atoms with Crippen molar-refractivity contribution in [1.29, 1.82) is 0 Å². The Bertz CT molecular complexity index is 1250. The van der Waals surface area contributed by atoms with Crippen molar-refractivity contribution in [2.45, 2.75) is 12.6 Å². The molecular formula is C22H15F3N2O3S. The van der Waals surface area contributed by atoms with Crippen molar-refractivity contribution in [3.63, 3.8) is 0 Å². The Labute approximate surface area is 178 Å². The van der Waals surface area contributed by atoms with Gasteiger partial charge < -0.3 is 15.1 Å². The second kappa shape index (κ2) is 8.27. The fourth-order valence-electron chi connectivity index (χ4n) is 3.05. The van der Waals surface area contributed by atoms with Gasteiger partial charge in [0, 0.05) is 11.1 Å². The molecule has 0 saturated carbocycles. The maximum atomic E-state index is 13.0. The van der Waals surface area contributed by atoms with Gasteiger partial charge in [0.25, 0.3) is 5.91 Å². The number of anilines is 2. The zero-order valence-corrected chi connectivity index (χ0v) is 16.6. The molecular weight excluding hydrogens is 429 g/mol. The summed E-state index contributed by atoms with van der Waals surface area (Å²) in [6.45, 7) is 0. The molecule has 2 heterocycles. The standard InChI is InChI=1S/C22H15F3N2O3S/c23-22(24,25)14-4-3-5-15(11-14)26-21(29)20-19(16-6-1-2-7-17(16)30-20)27-18(28)10-13-8-9-31-12-13/h1-9,11-12H,10H2,(H,26,29)(H,27,28). The Morgan fingerprint density at radius 3 is 2.55 bits per heavy atom. The van der Waals surface area contributed by atoms with Gasteiger partial charge in [-0.05, 0) is 52.7 Å². The van der Waals surface area contributed by atoms with E-state index in [0.717, 1.165) is 17.7 Å². The van der Waals surface area contributed by atoms with Crippen LogP contribution >= 0.6 is 11.3 Å². The molecule has 0 bridgehead atoms. The molecule has 4 rings (SSSR count). The van der Waals surface area contributed by atoms with Crippen LogP contribution in [0.2, 0.25) is 0 Å². The second-order valence-electron chi connectivity index (χ2n) is 6.69. The summed E-state index contributed by atoms with van der Waals surface area (Å²) in [4.78, 5) is 25.3. The molecule has 2 N–H and O–H groups in total. The summed E-state index contributed by atoms with van der Waals surface area (Å²) in [5.41, 5.74) is 0.420. The number of para-hydroxylation sites is 1. The van der Waals surface area contributed by atoms with Crippen LogP contribution in [-0.4, -0.2) is 11.8 Å². The molecule has 2 aromatic carbocycles. The molecule has 0 aliphatic rings. The lowest BCUT2D eigenvalue weighted by Gasteiger charge is -2.10. The highest BCUT2D eigenvalue weighted by atomic mass is 32.1. The molecule has 31 heavy (non-hydrogen) atoms. The lowest BCUT2D eigenvalue weighted by atomic mass is 10.1. The minimum atomic E-state index is -4.54. The zero-order valence-electron chi connectivity index (χ0n) is 15.8. The Kier molecular flexibility index (Phi) is 5.51. The SMILES string of the molecule is O=C(Cc1ccsc1)Nc1c(C(=O)Nc2cccc(C(F)(F)F)c2)oc2ccccc12. The number of thiophene rings is 1. The Morgan fingerprint density at radius 2 is 1.81 bits per heavy atom. The first-order valence-corrected chi connectivity index (χ1v) is 10.1. The summed E-state index contributed by atoms with van der Waals surface area (Å²) in [6, 6.07) is 12.8. The molecule has 0 atom stereocenters. The van der Waals surface area contributed by atoms with Crippen LogP contribution in [0.25, 0.3) is 11.0 Å². The number of carbonyl (C=O) groups is 2. The van der Waals surface area contributed by atoms with Crippen molar-refractivity contribution >= 4 is 45.5 Å². The van der Waals surface area contributed by atoms with E-state index in [1.54, 1.807) is 24.3 Å². The van der Waals surface area contributed by atoms with Gasteiger partial charge in [-0.2, -0.15) is 24.5 Å². The first-order chi connectivity index (χ1) is 14.8. The summed E-state index contributed by atoms with van der Waals surface area (Å²) in [5.74, 6) is -1.32. The summed E-state index contributed by atoms with van der Waals surface area (Å²) < 4.78 is 44.5. The van der Waals surface area contributed by atoms with Gasteiger partial charge in [0.05, 0.1) is 12.0 Å². The largest absolute Gasteiger partial charge is 0.449 e. The Hall–Kier alpha value is -3.59. The molecule has 0 unspecified atom stereocenters. The molecule has 4 aromatic rings. The number of carbonyl (C=O) groups excluding carboxylic acids is 2. The second-order valence-corrected chi connectivity index (χ2v) is 7.47. The average Bonchev–Trinajstić information content (AvgIpc) is 3.36. The smallest absolute Gasteiger partial charge is 0.416 e. The minimum Gasteiger partial charge on any atom is -0.449 e. The molecule has 2 amide bonds. The number of hydrogen-bond donors (Lipinski definition) is 2. The molecule has 0 spiro atoms. The highest BCUT2D eigenvalue weighted by molar-refractivity contribution is 7.08.